The molecule has 2 rings (SSSR count). The topological polar surface area (TPSA) is 60.9 Å². The van der Waals surface area contributed by atoms with Crippen LogP contribution < -0.4 is 4.90 Å². The van der Waals surface area contributed by atoms with Crippen molar-refractivity contribution in [2.24, 2.45) is 5.92 Å². The molecule has 0 spiro atoms. The largest absolute Gasteiger partial charge is 0.480 e. The van der Waals surface area contributed by atoms with Crippen molar-refractivity contribution in [3.63, 3.8) is 0 Å². The first-order valence-electron chi connectivity index (χ1n) is 7.97. The first-order valence-corrected chi connectivity index (χ1v) is 7.97. The van der Waals surface area contributed by atoms with Crippen LogP contribution in [0.25, 0.3) is 5.70 Å². The number of carboxylic acid groups (broad SMARTS) is 1. The summed E-state index contributed by atoms with van der Waals surface area (Å²) in [5.41, 5.74) is 2.40. The zero-order valence-electron chi connectivity index (χ0n) is 14.1. The third kappa shape index (κ3) is 3.23. The molecular weight excluding hydrogens is 292 g/mol. The van der Waals surface area contributed by atoms with E-state index < -0.39 is 12.0 Å². The molecule has 0 radical (unpaired) electrons. The van der Waals surface area contributed by atoms with E-state index >= 15 is 0 Å². The number of para-hydroxylation sites is 1. The molecule has 124 valence electrons. The van der Waals surface area contributed by atoms with Crippen LogP contribution in [0.1, 0.15) is 39.2 Å². The van der Waals surface area contributed by atoms with Gasteiger partial charge in [0.15, 0.2) is 0 Å². The highest BCUT2D eigenvalue weighted by molar-refractivity contribution is 6.06. The number of carboxylic acids is 1. The number of rotatable bonds is 5. The quantitative estimate of drug-likeness (QED) is 0.898. The van der Waals surface area contributed by atoms with Crippen molar-refractivity contribution in [3.05, 3.63) is 35.9 Å². The van der Waals surface area contributed by atoms with Crippen molar-refractivity contribution >= 4 is 23.4 Å². The molecule has 23 heavy (non-hydrogen) atoms. The second-order valence-electron chi connectivity index (χ2n) is 6.21. The zero-order chi connectivity index (χ0) is 17.1. The van der Waals surface area contributed by atoms with Crippen molar-refractivity contribution in [3.8, 4) is 0 Å². The van der Waals surface area contributed by atoms with Gasteiger partial charge >= 0.3 is 12.0 Å². The fourth-order valence-electron chi connectivity index (χ4n) is 2.95. The summed E-state index contributed by atoms with van der Waals surface area (Å²) in [4.78, 5) is 27.6. The summed E-state index contributed by atoms with van der Waals surface area (Å²) in [6.07, 6.45) is 3.07. The average Bonchev–Trinajstić information content (AvgIpc) is 2.51. The van der Waals surface area contributed by atoms with E-state index in [1.165, 1.54) is 9.80 Å². The van der Waals surface area contributed by atoms with Crippen LogP contribution in [-0.2, 0) is 4.79 Å². The summed E-state index contributed by atoms with van der Waals surface area (Å²) in [6, 6.07) is 6.44. The van der Waals surface area contributed by atoms with E-state index in [1.807, 2.05) is 51.1 Å². The molecule has 1 aliphatic heterocycles. The number of amides is 2. The predicted octanol–water partition coefficient (Wildman–Crippen LogP) is 3.81. The Bertz CT molecular complexity index is 637. The number of hydrogen-bond donors (Lipinski definition) is 1. The van der Waals surface area contributed by atoms with Gasteiger partial charge in [0.2, 0.25) is 0 Å². The van der Waals surface area contributed by atoms with Gasteiger partial charge in [-0.3, -0.25) is 9.80 Å². The van der Waals surface area contributed by atoms with Crippen LogP contribution in [0, 0.1) is 5.92 Å². The fourth-order valence-corrected chi connectivity index (χ4v) is 2.95. The molecule has 0 aromatic heterocycles. The third-order valence-electron chi connectivity index (χ3n) is 3.98. The van der Waals surface area contributed by atoms with Crippen LogP contribution in [0.15, 0.2) is 30.3 Å². The Hall–Kier alpha value is -2.30. The number of hydrogen-bond acceptors (Lipinski definition) is 2. The minimum atomic E-state index is -0.971. The summed E-state index contributed by atoms with van der Waals surface area (Å²) >= 11 is 0. The lowest BCUT2D eigenvalue weighted by molar-refractivity contribution is -0.141. The van der Waals surface area contributed by atoms with Crippen molar-refractivity contribution in [1.82, 2.24) is 4.90 Å². The van der Waals surface area contributed by atoms with Gasteiger partial charge in [-0.1, -0.05) is 45.0 Å². The average molecular weight is 316 g/mol. The molecule has 0 bridgehead atoms. The van der Waals surface area contributed by atoms with Gasteiger partial charge in [-0.25, -0.2) is 9.59 Å². The molecule has 1 N–H and O–H groups in total. The summed E-state index contributed by atoms with van der Waals surface area (Å²) in [6.45, 7) is 5.91. The Morgan fingerprint density at radius 3 is 2.52 bits per heavy atom. The molecule has 1 atom stereocenters. The number of aliphatic carboxylic acids is 1. The van der Waals surface area contributed by atoms with E-state index in [0.717, 1.165) is 17.7 Å². The molecule has 0 aliphatic carbocycles. The third-order valence-corrected chi connectivity index (χ3v) is 3.98. The van der Waals surface area contributed by atoms with E-state index in [0.29, 0.717) is 12.1 Å². The van der Waals surface area contributed by atoms with E-state index in [-0.39, 0.29) is 11.9 Å². The maximum atomic E-state index is 12.8. The molecule has 1 aliphatic rings. The number of urea groups is 1. The number of carbonyl (C=O) groups excluding carboxylic acids is 1. The number of allylic oxidation sites excluding steroid dienone is 1. The van der Waals surface area contributed by atoms with E-state index in [9.17, 15) is 14.7 Å². The Labute approximate surface area is 137 Å². The van der Waals surface area contributed by atoms with Crippen LogP contribution in [0.4, 0.5) is 10.5 Å². The molecule has 1 heterocycles. The number of nitrogens with zero attached hydrogens (tertiary/aromatic N) is 2. The molecule has 5 nitrogen and oxygen atoms in total. The molecule has 0 fully saturated rings. The highest BCUT2D eigenvalue weighted by Crippen LogP contribution is 2.37. The maximum Gasteiger partial charge on any atom is 0.329 e. The van der Waals surface area contributed by atoms with Crippen LogP contribution >= 0.6 is 0 Å². The number of fused-ring (bicyclic) bond motifs is 1. The Morgan fingerprint density at radius 1 is 1.30 bits per heavy atom. The summed E-state index contributed by atoms with van der Waals surface area (Å²) < 4.78 is 0. The van der Waals surface area contributed by atoms with E-state index in [4.69, 9.17) is 0 Å². The van der Waals surface area contributed by atoms with Crippen molar-refractivity contribution in [2.45, 2.75) is 39.7 Å². The van der Waals surface area contributed by atoms with Crippen molar-refractivity contribution in [1.29, 1.82) is 0 Å². The smallest absolute Gasteiger partial charge is 0.329 e. The first-order chi connectivity index (χ1) is 10.9. The van der Waals surface area contributed by atoms with Crippen LogP contribution in [-0.4, -0.2) is 35.1 Å². The summed E-state index contributed by atoms with van der Waals surface area (Å²) in [5, 5.41) is 9.67. The van der Waals surface area contributed by atoms with Gasteiger partial charge in [0, 0.05) is 12.6 Å². The maximum absolute atomic E-state index is 12.8. The van der Waals surface area contributed by atoms with Crippen molar-refractivity contribution in [2.75, 3.05) is 11.9 Å². The number of carbonyl (C=O) groups is 2. The van der Waals surface area contributed by atoms with Crippen LogP contribution in [0.5, 0.6) is 0 Å². The number of anilines is 1. The summed E-state index contributed by atoms with van der Waals surface area (Å²) in [7, 11) is 1.69. The molecular formula is C18H24N2O3. The minimum absolute atomic E-state index is 0.175. The Morgan fingerprint density at radius 2 is 1.96 bits per heavy atom. The molecule has 2 amide bonds. The normalized spacial score (nSPS) is 17.6. The standard InChI is InChI=1S/C18H24N2O3/c1-5-8-15-13-9-6-7-10-14(13)19(4)18(23)20(15)16(17(21)22)11-12(2)3/h6-10,12,16H,5,11H2,1-4H3,(H,21,22)/b15-8+. The molecule has 1 aromatic carbocycles. The molecule has 5 heteroatoms. The van der Waals surface area contributed by atoms with Gasteiger partial charge in [0.1, 0.15) is 6.04 Å². The highest BCUT2D eigenvalue weighted by Gasteiger charge is 2.39. The van der Waals surface area contributed by atoms with Gasteiger partial charge in [-0.15, -0.1) is 0 Å². The molecule has 1 aromatic rings. The van der Waals surface area contributed by atoms with Gasteiger partial charge in [0.25, 0.3) is 0 Å². The molecule has 0 saturated carbocycles. The van der Waals surface area contributed by atoms with E-state index in [1.54, 1.807) is 7.05 Å². The SMILES string of the molecule is CC/C=C1\c2ccccc2N(C)C(=O)N1C(CC(C)C)C(=O)O. The molecule has 0 saturated heterocycles. The monoisotopic (exact) mass is 316 g/mol. The summed E-state index contributed by atoms with van der Waals surface area (Å²) in [5.74, 6) is -0.795. The highest BCUT2D eigenvalue weighted by atomic mass is 16.4. The minimum Gasteiger partial charge on any atom is -0.480 e. The van der Waals surface area contributed by atoms with Gasteiger partial charge in [-0.05, 0) is 24.8 Å². The Balaban J connectivity index is 2.59. The van der Waals surface area contributed by atoms with Crippen LogP contribution in [0.3, 0.4) is 0 Å². The van der Waals surface area contributed by atoms with Crippen molar-refractivity contribution < 1.29 is 14.7 Å². The number of benzene rings is 1. The lowest BCUT2D eigenvalue weighted by Gasteiger charge is -2.40. The first kappa shape index (κ1) is 17.1. The molecule has 1 unspecified atom stereocenters. The van der Waals surface area contributed by atoms with Gasteiger partial charge < -0.3 is 5.11 Å². The lowest BCUT2D eigenvalue weighted by atomic mass is 9.97. The predicted molar refractivity (Wildman–Crippen MR) is 91.2 cm³/mol. The Kier molecular flexibility index (Phi) is 5.08. The van der Waals surface area contributed by atoms with Gasteiger partial charge in [-0.2, -0.15) is 0 Å². The lowest BCUT2D eigenvalue weighted by Crippen LogP contribution is -2.52. The second-order valence-corrected chi connectivity index (χ2v) is 6.21. The van der Waals surface area contributed by atoms with Crippen LogP contribution in [0.2, 0.25) is 0 Å². The van der Waals surface area contributed by atoms with E-state index in [2.05, 4.69) is 0 Å². The van der Waals surface area contributed by atoms with Gasteiger partial charge in [0.05, 0.1) is 11.4 Å². The second kappa shape index (κ2) is 6.86. The fraction of sp³-hybridized carbons (Fsp3) is 0.444. The zero-order valence-corrected chi connectivity index (χ0v) is 14.1.